The van der Waals surface area contributed by atoms with Gasteiger partial charge in [-0.15, -0.1) is 0 Å². The van der Waals surface area contributed by atoms with Crippen molar-refractivity contribution in [2.24, 2.45) is 0 Å². The van der Waals surface area contributed by atoms with E-state index in [1.54, 1.807) is 6.07 Å². The lowest BCUT2D eigenvalue weighted by Crippen LogP contribution is -2.15. The third-order valence-corrected chi connectivity index (χ3v) is 6.57. The highest BCUT2D eigenvalue weighted by Crippen LogP contribution is 2.33. The van der Waals surface area contributed by atoms with Crippen LogP contribution < -0.4 is 10.1 Å². The molecule has 4 aromatic rings. The average Bonchev–Trinajstić information content (AvgIpc) is 3.26. The molecule has 5 rings (SSSR count). The van der Waals surface area contributed by atoms with Crippen molar-refractivity contribution in [2.75, 3.05) is 18.5 Å². The summed E-state index contributed by atoms with van der Waals surface area (Å²) >= 11 is 6.41. The molecule has 0 saturated carbocycles. The molecule has 1 unspecified atom stereocenters. The van der Waals surface area contributed by atoms with Gasteiger partial charge in [0.25, 0.3) is 0 Å². The van der Waals surface area contributed by atoms with Gasteiger partial charge in [0.2, 0.25) is 0 Å². The van der Waals surface area contributed by atoms with Crippen LogP contribution in [0.4, 0.5) is 5.69 Å². The van der Waals surface area contributed by atoms with E-state index in [4.69, 9.17) is 21.3 Å². The number of carboxylic acid groups (broad SMARTS) is 1. The lowest BCUT2D eigenvalue weighted by Gasteiger charge is -2.20. The summed E-state index contributed by atoms with van der Waals surface area (Å²) in [6.07, 6.45) is 4.72. The molecule has 1 aliphatic heterocycles. The number of anilines is 1. The third kappa shape index (κ3) is 4.73. The number of pyridine rings is 1. The van der Waals surface area contributed by atoms with Gasteiger partial charge in [-0.2, -0.15) is 0 Å². The number of benzene rings is 2. The molecule has 34 heavy (non-hydrogen) atoms. The summed E-state index contributed by atoms with van der Waals surface area (Å²) in [4.78, 5) is 16.4. The Hall–Kier alpha value is -3.51. The number of aryl methyl sites for hydroxylation is 1. The summed E-state index contributed by atoms with van der Waals surface area (Å²) < 4.78 is 7.99. The Labute approximate surface area is 203 Å². The van der Waals surface area contributed by atoms with Crippen molar-refractivity contribution >= 4 is 34.2 Å². The van der Waals surface area contributed by atoms with E-state index in [1.165, 1.54) is 0 Å². The van der Waals surface area contributed by atoms with Crippen molar-refractivity contribution in [1.82, 2.24) is 9.55 Å². The third-order valence-electron chi connectivity index (χ3n) is 6.22. The first-order valence-corrected chi connectivity index (χ1v) is 11.9. The molecule has 2 aromatic heterocycles. The summed E-state index contributed by atoms with van der Waals surface area (Å²) in [6.45, 7) is 1.55. The Morgan fingerprint density at radius 1 is 1.18 bits per heavy atom. The quantitative estimate of drug-likeness (QED) is 0.340. The standard InChI is InChI=1S/C27H26ClN3O3/c28-22-5-2-1-4-21(22)26(17-27(32)33)31-14-11-18-16-20(8-10-25(18)31)34-15-12-19-7-9-23-24(30-19)6-3-13-29-23/h1-2,4-5,7-11,14,16,26,29H,3,6,12-13,15,17H2,(H,32,33). The number of carboxylic acids is 1. The number of nitrogens with one attached hydrogen (secondary N) is 1. The van der Waals surface area contributed by atoms with E-state index in [2.05, 4.69) is 17.4 Å². The second kappa shape index (κ2) is 9.77. The van der Waals surface area contributed by atoms with E-state index in [1.807, 2.05) is 53.2 Å². The first-order valence-electron chi connectivity index (χ1n) is 11.5. The summed E-state index contributed by atoms with van der Waals surface area (Å²) in [6, 6.07) is 19.0. The number of fused-ring (bicyclic) bond motifs is 2. The fraction of sp³-hybridized carbons (Fsp3) is 0.259. The molecule has 3 heterocycles. The normalized spacial score (nSPS) is 13.8. The molecule has 1 atom stereocenters. The first kappa shape index (κ1) is 22.3. The fourth-order valence-corrected chi connectivity index (χ4v) is 4.82. The Morgan fingerprint density at radius 3 is 2.91 bits per heavy atom. The minimum atomic E-state index is -0.877. The smallest absolute Gasteiger partial charge is 0.305 e. The van der Waals surface area contributed by atoms with Gasteiger partial charge in [-0.05, 0) is 60.9 Å². The zero-order valence-electron chi connectivity index (χ0n) is 18.7. The van der Waals surface area contributed by atoms with Crippen molar-refractivity contribution in [1.29, 1.82) is 0 Å². The largest absolute Gasteiger partial charge is 0.493 e. The maximum Gasteiger partial charge on any atom is 0.305 e. The van der Waals surface area contributed by atoms with Crippen LogP contribution in [0.3, 0.4) is 0 Å². The minimum Gasteiger partial charge on any atom is -0.493 e. The number of aromatic nitrogens is 2. The van der Waals surface area contributed by atoms with Crippen LogP contribution in [0, 0.1) is 0 Å². The lowest BCUT2D eigenvalue weighted by atomic mass is 10.0. The van der Waals surface area contributed by atoms with E-state index < -0.39 is 12.0 Å². The molecule has 1 aliphatic rings. The number of ether oxygens (including phenoxy) is 1. The maximum absolute atomic E-state index is 11.6. The number of halogens is 1. The van der Waals surface area contributed by atoms with Crippen molar-refractivity contribution in [3.05, 3.63) is 88.8 Å². The number of rotatable bonds is 8. The molecule has 0 radical (unpaired) electrons. The zero-order chi connectivity index (χ0) is 23.5. The zero-order valence-corrected chi connectivity index (χ0v) is 19.5. The van der Waals surface area contributed by atoms with Crippen LogP contribution in [-0.2, 0) is 17.6 Å². The Kier molecular flexibility index (Phi) is 6.41. The van der Waals surface area contributed by atoms with Gasteiger partial charge >= 0.3 is 5.97 Å². The van der Waals surface area contributed by atoms with Crippen LogP contribution >= 0.6 is 11.6 Å². The lowest BCUT2D eigenvalue weighted by molar-refractivity contribution is -0.137. The Morgan fingerprint density at radius 2 is 2.06 bits per heavy atom. The molecular formula is C27H26ClN3O3. The molecule has 2 aromatic carbocycles. The minimum absolute atomic E-state index is 0.0605. The predicted octanol–water partition coefficient (Wildman–Crippen LogP) is 5.73. The van der Waals surface area contributed by atoms with E-state index in [0.29, 0.717) is 11.6 Å². The summed E-state index contributed by atoms with van der Waals surface area (Å²) in [5.41, 5.74) is 5.04. The van der Waals surface area contributed by atoms with Gasteiger partial charge in [0, 0.05) is 40.8 Å². The molecule has 7 heteroatoms. The average molecular weight is 476 g/mol. The molecule has 0 fully saturated rings. The van der Waals surface area contributed by atoms with Crippen LogP contribution in [0.5, 0.6) is 5.75 Å². The monoisotopic (exact) mass is 475 g/mol. The fourth-order valence-electron chi connectivity index (χ4n) is 4.56. The van der Waals surface area contributed by atoms with Crippen molar-refractivity contribution in [3.8, 4) is 5.75 Å². The molecular weight excluding hydrogens is 450 g/mol. The summed E-state index contributed by atoms with van der Waals surface area (Å²) in [5.74, 6) is -0.101. The molecule has 0 amide bonds. The molecule has 0 bridgehead atoms. The van der Waals surface area contributed by atoms with E-state index in [-0.39, 0.29) is 6.42 Å². The van der Waals surface area contributed by atoms with E-state index in [0.717, 1.165) is 65.1 Å². The van der Waals surface area contributed by atoms with Crippen LogP contribution in [-0.4, -0.2) is 33.8 Å². The van der Waals surface area contributed by atoms with Gasteiger partial charge in [-0.3, -0.25) is 9.78 Å². The number of nitrogens with zero attached hydrogens (tertiary/aromatic N) is 2. The number of hydrogen-bond acceptors (Lipinski definition) is 4. The Bertz CT molecular complexity index is 1330. The van der Waals surface area contributed by atoms with Crippen molar-refractivity contribution < 1.29 is 14.6 Å². The second-order valence-electron chi connectivity index (χ2n) is 8.50. The topological polar surface area (TPSA) is 76.4 Å². The molecule has 2 N–H and O–H groups in total. The van der Waals surface area contributed by atoms with Gasteiger partial charge < -0.3 is 19.7 Å². The van der Waals surface area contributed by atoms with E-state index in [9.17, 15) is 9.90 Å². The highest BCUT2D eigenvalue weighted by molar-refractivity contribution is 6.31. The van der Waals surface area contributed by atoms with Crippen LogP contribution in [0.15, 0.2) is 66.9 Å². The van der Waals surface area contributed by atoms with Gasteiger partial charge in [0.1, 0.15) is 5.75 Å². The summed E-state index contributed by atoms with van der Waals surface area (Å²) in [5, 5.41) is 14.5. The van der Waals surface area contributed by atoms with Crippen LogP contribution in [0.2, 0.25) is 5.02 Å². The van der Waals surface area contributed by atoms with E-state index >= 15 is 0 Å². The molecule has 0 spiro atoms. The first-order chi connectivity index (χ1) is 16.6. The highest BCUT2D eigenvalue weighted by Gasteiger charge is 2.21. The van der Waals surface area contributed by atoms with Crippen molar-refractivity contribution in [2.45, 2.75) is 31.7 Å². The van der Waals surface area contributed by atoms with Crippen molar-refractivity contribution in [3.63, 3.8) is 0 Å². The summed E-state index contributed by atoms with van der Waals surface area (Å²) in [7, 11) is 0. The van der Waals surface area contributed by atoms with Crippen LogP contribution in [0.25, 0.3) is 10.9 Å². The van der Waals surface area contributed by atoms with Gasteiger partial charge in [0.15, 0.2) is 0 Å². The highest BCUT2D eigenvalue weighted by atomic mass is 35.5. The molecule has 6 nitrogen and oxygen atoms in total. The number of aliphatic carboxylic acids is 1. The molecule has 0 saturated heterocycles. The predicted molar refractivity (Wildman–Crippen MR) is 134 cm³/mol. The molecule has 0 aliphatic carbocycles. The van der Waals surface area contributed by atoms with Gasteiger partial charge in [-0.25, -0.2) is 0 Å². The van der Waals surface area contributed by atoms with Gasteiger partial charge in [0.05, 0.1) is 30.5 Å². The SMILES string of the molecule is O=C(O)CC(c1ccccc1Cl)n1ccc2cc(OCCc3ccc4c(n3)CCCN4)ccc21. The second-order valence-corrected chi connectivity index (χ2v) is 8.91. The maximum atomic E-state index is 11.6. The van der Waals surface area contributed by atoms with Crippen LogP contribution in [0.1, 0.15) is 35.8 Å². The Balaban J connectivity index is 1.32. The number of hydrogen-bond donors (Lipinski definition) is 2. The number of carbonyl (C=O) groups is 1. The van der Waals surface area contributed by atoms with Gasteiger partial charge in [-0.1, -0.05) is 29.8 Å². The molecule has 174 valence electrons.